The van der Waals surface area contributed by atoms with E-state index in [2.05, 4.69) is 9.24 Å². The van der Waals surface area contributed by atoms with Crippen LogP contribution in [0.5, 0.6) is 0 Å². The van der Waals surface area contributed by atoms with Crippen molar-refractivity contribution in [2.24, 2.45) is 5.73 Å². The molecule has 0 fully saturated rings. The van der Waals surface area contributed by atoms with Gasteiger partial charge in [-0.05, 0) is 17.4 Å². The minimum Gasteiger partial charge on any atom is -0.394 e. The minimum atomic E-state index is -4.04. The summed E-state index contributed by atoms with van der Waals surface area (Å²) in [6.07, 6.45) is 0. The molecule has 19 heavy (non-hydrogen) atoms. The topological polar surface area (TPSA) is 141 Å². The largest absolute Gasteiger partial charge is 0.394 e. The molecule has 1 atom stereocenters. The molecule has 1 aromatic carbocycles. The summed E-state index contributed by atoms with van der Waals surface area (Å²) in [6, 6.07) is 5.99. The Labute approximate surface area is 114 Å². The van der Waals surface area contributed by atoms with E-state index in [1.54, 1.807) is 12.1 Å². The minimum absolute atomic E-state index is 0.0787. The van der Waals surface area contributed by atoms with Gasteiger partial charge < -0.3 is 21.1 Å². The summed E-state index contributed by atoms with van der Waals surface area (Å²) in [5.41, 5.74) is 3.94. The van der Waals surface area contributed by atoms with Crippen LogP contribution in [0, 0.1) is 0 Å². The maximum atomic E-state index is 10.5. The second kappa shape index (κ2) is 7.86. The molecule has 0 amide bonds. The van der Waals surface area contributed by atoms with E-state index in [1.165, 1.54) is 12.1 Å². The van der Waals surface area contributed by atoms with Crippen LogP contribution in [0.25, 0.3) is 0 Å². The molecule has 110 valence electrons. The number of hydrogen-bond acceptors (Lipinski definition) is 6. The number of rotatable bonds is 4. The van der Waals surface area contributed by atoms with Crippen molar-refractivity contribution >= 4 is 24.7 Å². The summed E-state index contributed by atoms with van der Waals surface area (Å²) in [7, 11) is -1.69. The Morgan fingerprint density at radius 2 is 1.63 bits per heavy atom. The van der Waals surface area contributed by atoms with Gasteiger partial charge in [0.15, 0.2) is 0 Å². The Hall–Kier alpha value is -0.600. The average Bonchev–Trinajstić information content (AvgIpc) is 2.38. The molecule has 1 aromatic rings. The van der Waals surface area contributed by atoms with Crippen LogP contribution in [-0.2, 0) is 10.1 Å². The standard InChI is InChI=1S/C6H7O3PS.C4H11NO3/c7-11(8,9)6-3-1-2-5(10)4-6;5-4(1-6,2-7)3-8/h1-4H,10H2,(H,7,8,9);6-8H,1-3,5H2. The van der Waals surface area contributed by atoms with Gasteiger partial charge in [-0.2, -0.15) is 8.42 Å². The van der Waals surface area contributed by atoms with Crippen LogP contribution in [0.2, 0.25) is 0 Å². The molecule has 9 heteroatoms. The van der Waals surface area contributed by atoms with Crippen molar-refractivity contribution in [1.82, 2.24) is 0 Å². The van der Waals surface area contributed by atoms with Crippen molar-refractivity contribution in [1.29, 1.82) is 0 Å². The zero-order valence-corrected chi connectivity index (χ0v) is 12.1. The third kappa shape index (κ3) is 6.93. The fraction of sp³-hybridized carbons (Fsp3) is 0.400. The maximum absolute atomic E-state index is 10.5. The molecular formula is C10H18NO6PS. The second-order valence-corrected chi connectivity index (χ2v) is 5.97. The van der Waals surface area contributed by atoms with Gasteiger partial charge in [-0.25, -0.2) is 0 Å². The predicted molar refractivity (Wildman–Crippen MR) is 73.8 cm³/mol. The summed E-state index contributed by atoms with van der Waals surface area (Å²) in [5, 5.41) is 25.7. The van der Waals surface area contributed by atoms with Gasteiger partial charge in [0.25, 0.3) is 10.1 Å². The summed E-state index contributed by atoms with van der Waals surface area (Å²) in [4.78, 5) is -0.0787. The molecule has 7 nitrogen and oxygen atoms in total. The quantitative estimate of drug-likeness (QED) is 0.323. The molecular weight excluding hydrogens is 293 g/mol. The fourth-order valence-corrected chi connectivity index (χ4v) is 1.77. The highest BCUT2D eigenvalue weighted by Gasteiger charge is 2.20. The van der Waals surface area contributed by atoms with Crippen LogP contribution in [-0.4, -0.2) is 53.6 Å². The maximum Gasteiger partial charge on any atom is 0.294 e. The van der Waals surface area contributed by atoms with Gasteiger partial charge in [0.2, 0.25) is 0 Å². The molecule has 0 aliphatic heterocycles. The highest BCUT2D eigenvalue weighted by Crippen LogP contribution is 2.06. The first-order valence-electron chi connectivity index (χ1n) is 5.13. The smallest absolute Gasteiger partial charge is 0.294 e. The lowest BCUT2D eigenvalue weighted by atomic mass is 10.1. The average molecular weight is 311 g/mol. The molecule has 0 radical (unpaired) electrons. The lowest BCUT2D eigenvalue weighted by molar-refractivity contribution is 0.0697. The van der Waals surface area contributed by atoms with Crippen molar-refractivity contribution in [3.63, 3.8) is 0 Å². The molecule has 0 saturated carbocycles. The van der Waals surface area contributed by atoms with Crippen molar-refractivity contribution in [2.45, 2.75) is 10.4 Å². The van der Waals surface area contributed by atoms with Crippen molar-refractivity contribution in [3.8, 4) is 0 Å². The number of hydrogen-bond donors (Lipinski definition) is 5. The molecule has 0 heterocycles. The Bertz CT molecular complexity index is 480. The number of nitrogens with two attached hydrogens (primary N) is 1. The molecule has 1 rings (SSSR count). The first-order chi connectivity index (χ1) is 8.68. The van der Waals surface area contributed by atoms with Crippen LogP contribution in [0.15, 0.2) is 29.2 Å². The lowest BCUT2D eigenvalue weighted by Crippen LogP contribution is -2.50. The summed E-state index contributed by atoms with van der Waals surface area (Å²) in [6.45, 7) is -1.21. The van der Waals surface area contributed by atoms with E-state index in [1.807, 2.05) is 0 Å². The Kier molecular flexibility index (Phi) is 7.61. The molecule has 1 unspecified atom stereocenters. The zero-order valence-electron chi connectivity index (χ0n) is 10.1. The zero-order chi connectivity index (χ0) is 15.1. The van der Waals surface area contributed by atoms with Gasteiger partial charge in [-0.3, -0.25) is 4.55 Å². The summed E-state index contributed by atoms with van der Waals surface area (Å²) in [5.74, 6) is 0. The van der Waals surface area contributed by atoms with Gasteiger partial charge >= 0.3 is 0 Å². The molecule has 0 bridgehead atoms. The lowest BCUT2D eigenvalue weighted by Gasteiger charge is -2.20. The SMILES string of the molecule is NC(CO)(CO)CO.O=S(=O)(O)c1cccc(P)c1. The van der Waals surface area contributed by atoms with E-state index in [4.69, 9.17) is 25.6 Å². The van der Waals surface area contributed by atoms with Crippen molar-refractivity contribution in [2.75, 3.05) is 19.8 Å². The van der Waals surface area contributed by atoms with Crippen molar-refractivity contribution < 1.29 is 28.3 Å². The normalized spacial score (nSPS) is 11.7. The summed E-state index contributed by atoms with van der Waals surface area (Å²) >= 11 is 0. The van der Waals surface area contributed by atoms with Gasteiger partial charge in [0, 0.05) is 0 Å². The number of benzene rings is 1. The Morgan fingerprint density at radius 1 is 1.16 bits per heavy atom. The van der Waals surface area contributed by atoms with Crippen LogP contribution >= 0.6 is 9.24 Å². The highest BCUT2D eigenvalue weighted by molar-refractivity contribution is 7.85. The van der Waals surface area contributed by atoms with E-state index in [0.717, 1.165) is 5.30 Å². The number of aliphatic hydroxyl groups excluding tert-OH is 3. The van der Waals surface area contributed by atoms with E-state index in [9.17, 15) is 8.42 Å². The van der Waals surface area contributed by atoms with Gasteiger partial charge in [-0.15, -0.1) is 9.24 Å². The van der Waals surface area contributed by atoms with Gasteiger partial charge in [0.1, 0.15) is 0 Å². The highest BCUT2D eigenvalue weighted by atomic mass is 32.2. The molecule has 0 saturated heterocycles. The van der Waals surface area contributed by atoms with E-state index < -0.39 is 35.5 Å². The van der Waals surface area contributed by atoms with Crippen LogP contribution in [0.1, 0.15) is 0 Å². The van der Waals surface area contributed by atoms with E-state index >= 15 is 0 Å². The van der Waals surface area contributed by atoms with E-state index in [-0.39, 0.29) is 4.90 Å². The molecule has 0 aliphatic rings. The van der Waals surface area contributed by atoms with Crippen LogP contribution in [0.4, 0.5) is 0 Å². The first kappa shape index (κ1) is 18.4. The van der Waals surface area contributed by atoms with E-state index in [0.29, 0.717) is 0 Å². The number of aliphatic hydroxyl groups is 3. The third-order valence-electron chi connectivity index (χ3n) is 2.10. The monoisotopic (exact) mass is 311 g/mol. The third-order valence-corrected chi connectivity index (χ3v) is 3.31. The molecule has 0 aliphatic carbocycles. The Morgan fingerprint density at radius 3 is 1.84 bits per heavy atom. The summed E-state index contributed by atoms with van der Waals surface area (Å²) < 4.78 is 29.6. The fourth-order valence-electron chi connectivity index (χ4n) is 0.825. The predicted octanol–water partition coefficient (Wildman–Crippen LogP) is -1.91. The Balaban J connectivity index is 0.000000362. The molecule has 0 aromatic heterocycles. The van der Waals surface area contributed by atoms with Crippen LogP contribution < -0.4 is 11.0 Å². The first-order valence-corrected chi connectivity index (χ1v) is 7.15. The van der Waals surface area contributed by atoms with Crippen molar-refractivity contribution in [3.05, 3.63) is 24.3 Å². The second-order valence-electron chi connectivity index (χ2n) is 3.88. The van der Waals surface area contributed by atoms with Gasteiger partial charge in [0.05, 0.1) is 30.3 Å². The molecule has 6 N–H and O–H groups in total. The molecule has 0 spiro atoms. The van der Waals surface area contributed by atoms with Crippen LogP contribution in [0.3, 0.4) is 0 Å². The van der Waals surface area contributed by atoms with Gasteiger partial charge in [-0.1, -0.05) is 12.1 Å².